The smallest absolute Gasteiger partial charge is 0.240 e. The van der Waals surface area contributed by atoms with Crippen molar-refractivity contribution >= 4 is 10.0 Å². The van der Waals surface area contributed by atoms with Crippen LogP contribution in [-0.2, 0) is 10.0 Å². The maximum absolute atomic E-state index is 12.7. The van der Waals surface area contributed by atoms with Gasteiger partial charge in [0, 0.05) is 18.9 Å². The highest BCUT2D eigenvalue weighted by molar-refractivity contribution is 7.89. The molecular formula is C19H17N3O4S. The molecule has 1 N–H and O–H groups in total. The molecule has 138 valence electrons. The lowest BCUT2D eigenvalue weighted by molar-refractivity contribution is 0.424. The van der Waals surface area contributed by atoms with Gasteiger partial charge in [0.1, 0.15) is 11.5 Å². The van der Waals surface area contributed by atoms with Crippen LogP contribution in [0.1, 0.15) is 17.4 Å². The largest absolute Gasteiger partial charge is 0.469 e. The quantitative estimate of drug-likeness (QED) is 0.529. The van der Waals surface area contributed by atoms with Gasteiger partial charge >= 0.3 is 0 Å². The summed E-state index contributed by atoms with van der Waals surface area (Å²) in [7, 11) is -3.69. The Balaban J connectivity index is 1.52. The molecule has 0 spiro atoms. The van der Waals surface area contributed by atoms with Crippen LogP contribution < -0.4 is 4.72 Å². The number of hydrogen-bond acceptors (Lipinski definition) is 5. The third-order valence-corrected chi connectivity index (χ3v) is 5.61. The molecule has 0 saturated carbocycles. The molecule has 3 aromatic heterocycles. The van der Waals surface area contributed by atoms with Crippen LogP contribution in [0, 0.1) is 0 Å². The zero-order valence-corrected chi connectivity index (χ0v) is 15.0. The number of nitrogens with one attached hydrogen (secondary N) is 1. The molecule has 0 aliphatic heterocycles. The summed E-state index contributed by atoms with van der Waals surface area (Å²) >= 11 is 0. The van der Waals surface area contributed by atoms with E-state index in [2.05, 4.69) is 9.82 Å². The van der Waals surface area contributed by atoms with Gasteiger partial charge in [-0.2, -0.15) is 5.10 Å². The first-order valence-electron chi connectivity index (χ1n) is 8.30. The van der Waals surface area contributed by atoms with Crippen molar-refractivity contribution < 1.29 is 17.3 Å². The fraction of sp³-hybridized carbons (Fsp3) is 0.105. The molecule has 8 heteroatoms. The van der Waals surface area contributed by atoms with Gasteiger partial charge in [0.2, 0.25) is 10.0 Å². The van der Waals surface area contributed by atoms with E-state index in [-0.39, 0.29) is 17.4 Å². The maximum Gasteiger partial charge on any atom is 0.240 e. The molecule has 0 radical (unpaired) electrons. The van der Waals surface area contributed by atoms with Crippen LogP contribution >= 0.6 is 0 Å². The van der Waals surface area contributed by atoms with Gasteiger partial charge in [-0.15, -0.1) is 0 Å². The molecule has 0 bridgehead atoms. The summed E-state index contributed by atoms with van der Waals surface area (Å²) in [5.41, 5.74) is 0.781. The van der Waals surface area contributed by atoms with E-state index >= 15 is 0 Å². The van der Waals surface area contributed by atoms with Gasteiger partial charge in [0.05, 0.1) is 29.0 Å². The first-order chi connectivity index (χ1) is 13.1. The minimum absolute atomic E-state index is 0.115. The van der Waals surface area contributed by atoms with Crippen molar-refractivity contribution in [3.05, 3.63) is 91.0 Å². The Hall–Kier alpha value is -3.10. The Bertz CT molecular complexity index is 1030. The molecule has 0 unspecified atom stereocenters. The highest BCUT2D eigenvalue weighted by atomic mass is 32.2. The number of hydrogen-bond donors (Lipinski definition) is 1. The van der Waals surface area contributed by atoms with Crippen LogP contribution in [0.5, 0.6) is 0 Å². The molecule has 0 atom stereocenters. The first kappa shape index (κ1) is 17.3. The molecule has 3 heterocycles. The number of sulfonamides is 1. The zero-order valence-electron chi connectivity index (χ0n) is 14.2. The number of furan rings is 2. The zero-order chi connectivity index (χ0) is 18.7. The van der Waals surface area contributed by atoms with E-state index in [0.717, 1.165) is 5.69 Å². The average molecular weight is 383 g/mol. The summed E-state index contributed by atoms with van der Waals surface area (Å²) in [6.45, 7) is 0.115. The number of aromatic nitrogens is 2. The minimum Gasteiger partial charge on any atom is -0.469 e. The minimum atomic E-state index is -3.69. The predicted octanol–water partition coefficient (Wildman–Crippen LogP) is 3.17. The van der Waals surface area contributed by atoms with Gasteiger partial charge in [-0.1, -0.05) is 0 Å². The molecule has 0 fully saturated rings. The maximum atomic E-state index is 12.7. The van der Waals surface area contributed by atoms with Gasteiger partial charge in [0.15, 0.2) is 0 Å². The van der Waals surface area contributed by atoms with E-state index in [0.29, 0.717) is 11.5 Å². The van der Waals surface area contributed by atoms with E-state index in [9.17, 15) is 8.42 Å². The van der Waals surface area contributed by atoms with Gasteiger partial charge in [-0.3, -0.25) is 0 Å². The second kappa shape index (κ2) is 7.26. The number of nitrogens with zero attached hydrogens (tertiary/aromatic N) is 2. The second-order valence-electron chi connectivity index (χ2n) is 5.88. The molecule has 27 heavy (non-hydrogen) atoms. The third kappa shape index (κ3) is 3.71. The van der Waals surface area contributed by atoms with Crippen LogP contribution in [0.15, 0.2) is 93.2 Å². The van der Waals surface area contributed by atoms with Gasteiger partial charge in [0.25, 0.3) is 0 Å². The van der Waals surface area contributed by atoms with Crippen molar-refractivity contribution in [2.75, 3.05) is 6.54 Å². The molecular weight excluding hydrogens is 366 g/mol. The molecule has 4 aromatic rings. The SMILES string of the molecule is O=S(=O)(NCC(c1ccco1)c1ccco1)c1ccc(-n2cccn2)cc1. The van der Waals surface area contributed by atoms with Gasteiger partial charge in [-0.05, 0) is 54.6 Å². The van der Waals surface area contributed by atoms with Crippen LogP contribution in [0.25, 0.3) is 5.69 Å². The summed E-state index contributed by atoms with van der Waals surface area (Å²) in [5, 5.41) is 4.13. The lowest BCUT2D eigenvalue weighted by atomic mass is 10.0. The van der Waals surface area contributed by atoms with Crippen LogP contribution in [0.2, 0.25) is 0 Å². The van der Waals surface area contributed by atoms with E-state index in [1.807, 2.05) is 0 Å². The van der Waals surface area contributed by atoms with E-state index in [1.54, 1.807) is 84.2 Å². The molecule has 0 saturated heterocycles. The summed E-state index contributed by atoms with van der Waals surface area (Å²) in [6, 6.07) is 15.4. The van der Waals surface area contributed by atoms with Crippen LogP contribution in [0.3, 0.4) is 0 Å². The Morgan fingerprint density at radius 3 is 2.15 bits per heavy atom. The van der Waals surface area contributed by atoms with Crippen molar-refractivity contribution in [3.63, 3.8) is 0 Å². The van der Waals surface area contributed by atoms with E-state index in [1.165, 1.54) is 0 Å². The monoisotopic (exact) mass is 383 g/mol. The fourth-order valence-corrected chi connectivity index (χ4v) is 3.84. The summed E-state index contributed by atoms with van der Waals surface area (Å²) in [6.07, 6.45) is 6.55. The highest BCUT2D eigenvalue weighted by Crippen LogP contribution is 2.25. The highest BCUT2D eigenvalue weighted by Gasteiger charge is 2.23. The Kier molecular flexibility index (Phi) is 4.66. The topological polar surface area (TPSA) is 90.3 Å². The van der Waals surface area contributed by atoms with Crippen molar-refractivity contribution in [1.82, 2.24) is 14.5 Å². The van der Waals surface area contributed by atoms with Crippen LogP contribution in [-0.4, -0.2) is 24.7 Å². The van der Waals surface area contributed by atoms with Crippen molar-refractivity contribution in [1.29, 1.82) is 0 Å². The Morgan fingerprint density at radius 1 is 0.963 bits per heavy atom. The van der Waals surface area contributed by atoms with Crippen LogP contribution in [0.4, 0.5) is 0 Å². The Morgan fingerprint density at radius 2 is 1.63 bits per heavy atom. The van der Waals surface area contributed by atoms with Crippen molar-refractivity contribution in [2.45, 2.75) is 10.8 Å². The summed E-state index contributed by atoms with van der Waals surface area (Å²) in [4.78, 5) is 0.177. The molecule has 7 nitrogen and oxygen atoms in total. The van der Waals surface area contributed by atoms with E-state index in [4.69, 9.17) is 8.83 Å². The molecule has 0 aliphatic rings. The molecule has 0 amide bonds. The van der Waals surface area contributed by atoms with Gasteiger partial charge < -0.3 is 8.83 Å². The lowest BCUT2D eigenvalue weighted by Gasteiger charge is -2.14. The molecule has 4 rings (SSSR count). The average Bonchev–Trinajstić information content (AvgIpc) is 3.44. The first-order valence-corrected chi connectivity index (χ1v) is 9.78. The standard InChI is InChI=1S/C19H17N3O4S/c23-27(24,16-8-6-15(7-9-16)22-11-3-10-20-22)21-14-17(18-4-1-12-25-18)19-5-2-13-26-19/h1-13,17,21H,14H2. The summed E-state index contributed by atoms with van der Waals surface area (Å²) in [5.74, 6) is 0.900. The molecule has 0 aliphatic carbocycles. The Labute approximate surface area is 156 Å². The normalized spacial score (nSPS) is 11.9. The predicted molar refractivity (Wildman–Crippen MR) is 98.0 cm³/mol. The number of benzene rings is 1. The molecule has 1 aromatic carbocycles. The lowest BCUT2D eigenvalue weighted by Crippen LogP contribution is -2.28. The number of rotatable bonds is 7. The van der Waals surface area contributed by atoms with Crippen molar-refractivity contribution in [3.8, 4) is 5.69 Å². The second-order valence-corrected chi connectivity index (χ2v) is 7.65. The third-order valence-electron chi connectivity index (χ3n) is 4.17. The fourth-order valence-electron chi connectivity index (χ4n) is 2.80. The van der Waals surface area contributed by atoms with Crippen molar-refractivity contribution in [2.24, 2.45) is 0 Å². The summed E-state index contributed by atoms with van der Waals surface area (Å²) < 4.78 is 40.5. The van der Waals surface area contributed by atoms with Gasteiger partial charge in [-0.25, -0.2) is 17.8 Å². The van der Waals surface area contributed by atoms with E-state index < -0.39 is 10.0 Å².